The number of carbonyl (C=O) groups is 1. The Bertz CT molecular complexity index is 579. The van der Waals surface area contributed by atoms with E-state index in [-0.39, 0.29) is 22.8 Å². The molecule has 1 aromatic carbocycles. The third-order valence-electron chi connectivity index (χ3n) is 3.06. The number of Topliss-reactive ketones (excluding diaryl/α,β-unsaturated/α-hetero) is 1. The van der Waals surface area contributed by atoms with E-state index >= 15 is 0 Å². The van der Waals surface area contributed by atoms with Crippen molar-refractivity contribution in [3.8, 4) is 0 Å². The lowest BCUT2D eigenvalue weighted by Crippen LogP contribution is -3.00. The quantitative estimate of drug-likeness (QED) is 0.549. The fourth-order valence-corrected chi connectivity index (χ4v) is 2.28. The first-order valence-electron chi connectivity index (χ1n) is 6.34. The largest absolute Gasteiger partial charge is 1.00 e. The molecule has 0 fully saturated rings. The van der Waals surface area contributed by atoms with Gasteiger partial charge in [-0.25, -0.2) is 0 Å². The van der Waals surface area contributed by atoms with E-state index < -0.39 is 0 Å². The van der Waals surface area contributed by atoms with Gasteiger partial charge in [0.1, 0.15) is 0 Å². The van der Waals surface area contributed by atoms with Crippen LogP contribution in [0.5, 0.6) is 0 Å². The maximum Gasteiger partial charge on any atom is 0.227 e. The summed E-state index contributed by atoms with van der Waals surface area (Å²) in [4.78, 5) is 12.1. The first kappa shape index (κ1) is 17.1. The van der Waals surface area contributed by atoms with Crippen LogP contribution < -0.4 is 21.5 Å². The summed E-state index contributed by atoms with van der Waals surface area (Å²) in [5.74, 6) is 0.624. The minimum Gasteiger partial charge on any atom is -1.00 e. The monoisotopic (exact) mass is 397 g/mol. The molecule has 1 aromatic heterocycles. The molecule has 0 radical (unpaired) electrons. The van der Waals surface area contributed by atoms with Crippen LogP contribution in [-0.4, -0.2) is 5.78 Å². The lowest BCUT2D eigenvalue weighted by Gasteiger charge is -2.03. The third-order valence-corrected chi connectivity index (χ3v) is 3.55. The zero-order chi connectivity index (χ0) is 13.8. The summed E-state index contributed by atoms with van der Waals surface area (Å²) in [6.45, 7) is 4.69. The van der Waals surface area contributed by atoms with Crippen LogP contribution in [0.15, 0.2) is 53.3 Å². The van der Waals surface area contributed by atoms with Crippen molar-refractivity contribution in [1.82, 2.24) is 0 Å². The zero-order valence-electron chi connectivity index (χ0n) is 11.5. The van der Waals surface area contributed by atoms with Crippen LogP contribution in [0, 0.1) is 0 Å². The van der Waals surface area contributed by atoms with E-state index in [1.54, 1.807) is 0 Å². The molecule has 2 nitrogen and oxygen atoms in total. The van der Waals surface area contributed by atoms with Gasteiger partial charge in [0.15, 0.2) is 12.4 Å². The molecule has 0 aliphatic rings. The topological polar surface area (TPSA) is 20.9 Å². The van der Waals surface area contributed by atoms with Crippen LogP contribution in [0.1, 0.15) is 35.7 Å². The Morgan fingerprint density at radius 3 is 2.40 bits per heavy atom. The minimum absolute atomic E-state index is 0. The number of rotatable bonds is 4. The maximum absolute atomic E-state index is 12.1. The van der Waals surface area contributed by atoms with E-state index in [1.165, 1.54) is 5.56 Å². The van der Waals surface area contributed by atoms with Crippen LogP contribution >= 0.6 is 15.9 Å². The van der Waals surface area contributed by atoms with Gasteiger partial charge in [0.2, 0.25) is 12.3 Å². The zero-order valence-corrected chi connectivity index (χ0v) is 14.7. The number of aromatic nitrogens is 1. The summed E-state index contributed by atoms with van der Waals surface area (Å²) in [5, 5.41) is 0. The molecular formula is C16H17Br2NO. The Labute approximate surface area is 138 Å². The molecule has 20 heavy (non-hydrogen) atoms. The number of carbonyl (C=O) groups excluding carboxylic acids is 1. The number of halogens is 2. The van der Waals surface area contributed by atoms with Gasteiger partial charge in [0.05, 0.1) is 0 Å². The second-order valence-electron chi connectivity index (χ2n) is 4.89. The van der Waals surface area contributed by atoms with Gasteiger partial charge in [-0.3, -0.25) is 4.79 Å². The van der Waals surface area contributed by atoms with Crippen molar-refractivity contribution in [3.63, 3.8) is 0 Å². The molecule has 106 valence electrons. The van der Waals surface area contributed by atoms with Gasteiger partial charge in [0.25, 0.3) is 0 Å². The number of benzene rings is 1. The normalized spacial score (nSPS) is 10.2. The lowest BCUT2D eigenvalue weighted by atomic mass is 10.1. The smallest absolute Gasteiger partial charge is 0.227 e. The number of hydrogen-bond acceptors (Lipinski definition) is 1. The Morgan fingerprint density at radius 2 is 1.85 bits per heavy atom. The highest BCUT2D eigenvalue weighted by Gasteiger charge is 2.12. The van der Waals surface area contributed by atoms with Gasteiger partial charge in [-0.2, -0.15) is 4.57 Å². The number of ketones is 1. The Kier molecular flexibility index (Phi) is 6.56. The number of nitrogens with zero attached hydrogens (tertiary/aromatic N) is 1. The van der Waals surface area contributed by atoms with Gasteiger partial charge in [-0.1, -0.05) is 41.9 Å². The van der Waals surface area contributed by atoms with Crippen LogP contribution in [0.4, 0.5) is 0 Å². The Morgan fingerprint density at radius 1 is 1.20 bits per heavy atom. The van der Waals surface area contributed by atoms with Gasteiger partial charge in [0, 0.05) is 22.2 Å². The summed E-state index contributed by atoms with van der Waals surface area (Å²) in [5.41, 5.74) is 2.01. The van der Waals surface area contributed by atoms with Crippen LogP contribution in [0.3, 0.4) is 0 Å². The van der Waals surface area contributed by atoms with E-state index in [9.17, 15) is 4.79 Å². The summed E-state index contributed by atoms with van der Waals surface area (Å²) in [6.07, 6.45) is 3.93. The second-order valence-corrected chi connectivity index (χ2v) is 5.81. The average molecular weight is 399 g/mol. The summed E-state index contributed by atoms with van der Waals surface area (Å²) in [6, 6.07) is 11.6. The molecule has 0 aliphatic heterocycles. The molecule has 2 aromatic rings. The van der Waals surface area contributed by atoms with Crippen molar-refractivity contribution in [1.29, 1.82) is 0 Å². The predicted molar refractivity (Wildman–Crippen MR) is 79.2 cm³/mol. The summed E-state index contributed by atoms with van der Waals surface area (Å²) >= 11 is 3.38. The van der Waals surface area contributed by atoms with Crippen LogP contribution in [0.2, 0.25) is 0 Å². The number of hydrogen-bond donors (Lipinski definition) is 0. The highest BCUT2D eigenvalue weighted by atomic mass is 79.9. The molecular weight excluding hydrogens is 382 g/mol. The molecule has 0 bridgehead atoms. The summed E-state index contributed by atoms with van der Waals surface area (Å²) in [7, 11) is 0. The molecule has 0 atom stereocenters. The van der Waals surface area contributed by atoms with Gasteiger partial charge >= 0.3 is 0 Å². The van der Waals surface area contributed by atoms with E-state index in [0.29, 0.717) is 12.5 Å². The molecule has 0 saturated carbocycles. The fourth-order valence-electron chi connectivity index (χ4n) is 1.88. The highest BCUT2D eigenvalue weighted by Crippen LogP contribution is 2.13. The molecule has 0 unspecified atom stereocenters. The molecule has 2 rings (SSSR count). The fraction of sp³-hybridized carbons (Fsp3) is 0.250. The molecule has 0 N–H and O–H groups in total. The molecule has 0 spiro atoms. The Balaban J connectivity index is 0.00000200. The van der Waals surface area contributed by atoms with E-state index in [2.05, 4.69) is 41.9 Å². The molecule has 0 aliphatic carbocycles. The second kappa shape index (κ2) is 7.70. The van der Waals surface area contributed by atoms with Crippen molar-refractivity contribution in [2.75, 3.05) is 0 Å². The van der Waals surface area contributed by atoms with E-state index in [1.807, 2.05) is 41.2 Å². The van der Waals surface area contributed by atoms with E-state index in [4.69, 9.17) is 0 Å². The SMILES string of the molecule is CC(C)c1cc[n+](CC(=O)c2cccc(Br)c2)cc1.[Br-]. The first-order chi connectivity index (χ1) is 9.06. The van der Waals surface area contributed by atoms with Crippen LogP contribution in [0.25, 0.3) is 0 Å². The standard InChI is InChI=1S/C16H17BrNO.BrH/c1-12(2)13-6-8-18(9-7-13)11-16(19)14-4-3-5-15(17)10-14;/h3-10,12H,11H2,1-2H3;1H/q+1;/p-1. The highest BCUT2D eigenvalue weighted by molar-refractivity contribution is 9.10. The minimum atomic E-state index is 0. The Hall–Kier alpha value is -1.000. The van der Waals surface area contributed by atoms with Crippen molar-refractivity contribution < 1.29 is 26.3 Å². The average Bonchev–Trinajstić information content (AvgIpc) is 2.39. The summed E-state index contributed by atoms with van der Waals surface area (Å²) < 4.78 is 2.84. The molecule has 0 saturated heterocycles. The van der Waals surface area contributed by atoms with Gasteiger partial charge in [-0.05, 0) is 23.6 Å². The molecule has 1 heterocycles. The lowest BCUT2D eigenvalue weighted by molar-refractivity contribution is -0.683. The molecule has 4 heteroatoms. The number of pyridine rings is 1. The van der Waals surface area contributed by atoms with Crippen molar-refractivity contribution >= 4 is 21.7 Å². The first-order valence-corrected chi connectivity index (χ1v) is 7.13. The molecule has 0 amide bonds. The van der Waals surface area contributed by atoms with E-state index in [0.717, 1.165) is 10.0 Å². The van der Waals surface area contributed by atoms with Crippen molar-refractivity contribution in [2.45, 2.75) is 26.3 Å². The van der Waals surface area contributed by atoms with Crippen LogP contribution in [-0.2, 0) is 6.54 Å². The van der Waals surface area contributed by atoms with Gasteiger partial charge < -0.3 is 17.0 Å². The predicted octanol–water partition coefficient (Wildman–Crippen LogP) is 0.747. The van der Waals surface area contributed by atoms with Crippen molar-refractivity contribution in [3.05, 3.63) is 64.4 Å². The van der Waals surface area contributed by atoms with Crippen molar-refractivity contribution in [2.24, 2.45) is 0 Å². The maximum atomic E-state index is 12.1. The third kappa shape index (κ3) is 4.53. The van der Waals surface area contributed by atoms with Gasteiger partial charge in [-0.15, -0.1) is 0 Å².